The van der Waals surface area contributed by atoms with Crippen LogP contribution in [-0.2, 0) is 78.0 Å². The van der Waals surface area contributed by atoms with Crippen LogP contribution >= 0.6 is 12.6 Å². The van der Waals surface area contributed by atoms with Gasteiger partial charge in [-0.1, -0.05) is 52.5 Å². The molecule has 9 aliphatic rings. The van der Waals surface area contributed by atoms with E-state index in [0.29, 0.717) is 43.4 Å². The number of carbonyl (C=O) groups excluding carboxylic acids is 8. The minimum absolute atomic E-state index is 0.0142. The number of aliphatic hydroxyl groups excluding tert-OH is 1. The number of likely N-dealkylation sites (tertiary alicyclic amines) is 1. The van der Waals surface area contributed by atoms with Gasteiger partial charge in [-0.2, -0.15) is 12.6 Å². The molecule has 10 rings (SSSR count). The van der Waals surface area contributed by atoms with Gasteiger partial charge in [-0.05, 0) is 124 Å². The lowest BCUT2D eigenvalue weighted by Crippen LogP contribution is -2.61. The molecule has 95 heavy (non-hydrogen) atoms. The maximum absolute atomic E-state index is 14.5. The van der Waals surface area contributed by atoms with E-state index in [1.165, 1.54) is 4.90 Å². The lowest BCUT2D eigenvalue weighted by Gasteiger charge is -2.48. The zero-order valence-corrected chi connectivity index (χ0v) is 56.4. The molecule has 21 atom stereocenters. The van der Waals surface area contributed by atoms with E-state index in [4.69, 9.17) is 48.4 Å². The van der Waals surface area contributed by atoms with Crippen molar-refractivity contribution in [3.63, 3.8) is 0 Å². The number of primary amides is 1. The molecular formula is C69H101N7O18S. The molecular weight excluding hydrogens is 1250 g/mol. The third-order valence-corrected chi connectivity index (χ3v) is 21.1. The SMILES string of the molecule is C=C1C[C@@H]2CC[C@H]3C[C@@H]4CC5O[C@H]6CCC(CC(=O)CC7[C@H](C[C@H]8O[C@@H](CC[C@@H]1O2)C[C@@H](C)C8=C)O[C@H](C[C@H](O)CNC(=O)OCc1ccc(NC(=O)[C@H](CCCNC(N)=O)NC(=O)[C@@H](NC(=O)CCCCCN2C(=O)CC(S)C2=O)C(C)C)cc1)[C@@H]7OC)O[C@@H]6[C@H](O3)[C@@H]5O4. The Bertz CT molecular complexity index is 2900. The van der Waals surface area contributed by atoms with Crippen LogP contribution in [-0.4, -0.2) is 199 Å². The van der Waals surface area contributed by atoms with Crippen LogP contribution in [0, 0.1) is 17.8 Å². The number of benzene rings is 1. The molecule has 10 bridgehead atoms. The third kappa shape index (κ3) is 19.0. The largest absolute Gasteiger partial charge is 0.445 e. The molecule has 0 saturated carbocycles. The Hall–Kier alpha value is -5.55. The van der Waals surface area contributed by atoms with E-state index in [2.05, 4.69) is 59.3 Å². The van der Waals surface area contributed by atoms with Crippen molar-refractivity contribution in [3.8, 4) is 0 Å². The summed E-state index contributed by atoms with van der Waals surface area (Å²) in [5, 5.41) is 24.4. The molecule has 9 heterocycles. The quantitative estimate of drug-likeness (QED) is 0.0282. The predicted molar refractivity (Wildman–Crippen MR) is 349 cm³/mol. The van der Waals surface area contributed by atoms with E-state index < -0.39 is 71.6 Å². The summed E-state index contributed by atoms with van der Waals surface area (Å²) in [6, 6.07) is 3.70. The number of ether oxygens (including phenoxy) is 9. The van der Waals surface area contributed by atoms with Gasteiger partial charge in [0.25, 0.3) is 0 Å². The van der Waals surface area contributed by atoms with Gasteiger partial charge in [-0.25, -0.2) is 9.59 Å². The summed E-state index contributed by atoms with van der Waals surface area (Å²) in [5.41, 5.74) is 8.29. The summed E-state index contributed by atoms with van der Waals surface area (Å²) >= 11 is 4.15. The van der Waals surface area contributed by atoms with E-state index >= 15 is 0 Å². The number of ketones is 1. The van der Waals surface area contributed by atoms with Gasteiger partial charge in [-0.3, -0.25) is 33.7 Å². The first-order valence-corrected chi connectivity index (χ1v) is 35.2. The zero-order valence-electron chi connectivity index (χ0n) is 55.5. The van der Waals surface area contributed by atoms with Gasteiger partial charge in [-0.15, -0.1) is 0 Å². The van der Waals surface area contributed by atoms with E-state index in [9.17, 15) is 43.5 Å². The Morgan fingerprint density at radius 3 is 2.18 bits per heavy atom. The molecule has 9 fully saturated rings. The van der Waals surface area contributed by atoms with Crippen molar-refractivity contribution in [3.05, 3.63) is 54.1 Å². The van der Waals surface area contributed by atoms with Crippen molar-refractivity contribution in [2.45, 2.75) is 277 Å². The van der Waals surface area contributed by atoms with Crippen molar-refractivity contribution in [2.24, 2.45) is 23.5 Å². The zero-order chi connectivity index (χ0) is 67.6. The number of unbranched alkanes of at least 4 members (excludes halogenated alkanes) is 2. The molecule has 0 aromatic heterocycles. The summed E-state index contributed by atoms with van der Waals surface area (Å²) in [7, 11) is 1.59. The maximum atomic E-state index is 14.5. The number of Topliss-reactive ketones (excluding diaryl/α,β-unsaturated/α-hetero) is 1. The van der Waals surface area contributed by atoms with Gasteiger partial charge >= 0.3 is 12.1 Å². The van der Waals surface area contributed by atoms with E-state index in [1.807, 2.05) is 0 Å². The van der Waals surface area contributed by atoms with E-state index in [1.54, 1.807) is 45.2 Å². The lowest BCUT2D eigenvalue weighted by atomic mass is 9.81. The highest BCUT2D eigenvalue weighted by Gasteiger charge is 2.57. The lowest BCUT2D eigenvalue weighted by molar-refractivity contribution is -0.266. The molecule has 9 aliphatic heterocycles. The average molecular weight is 1350 g/mol. The highest BCUT2D eigenvalue weighted by molar-refractivity contribution is 7.81. The number of amides is 8. The summed E-state index contributed by atoms with van der Waals surface area (Å²) in [4.78, 5) is 105. The Morgan fingerprint density at radius 2 is 1.43 bits per heavy atom. The predicted octanol–water partition coefficient (Wildman–Crippen LogP) is 5.70. The Morgan fingerprint density at radius 1 is 0.726 bits per heavy atom. The number of hydrogen-bond donors (Lipinski definition) is 8. The van der Waals surface area contributed by atoms with Crippen LogP contribution in [0.3, 0.4) is 0 Å². The molecule has 25 nitrogen and oxygen atoms in total. The van der Waals surface area contributed by atoms with Crippen LogP contribution in [0.4, 0.5) is 15.3 Å². The van der Waals surface area contributed by atoms with E-state index in [0.717, 1.165) is 68.9 Å². The van der Waals surface area contributed by atoms with Gasteiger partial charge < -0.3 is 80.1 Å². The van der Waals surface area contributed by atoms with Crippen LogP contribution in [0.2, 0.25) is 0 Å². The Labute approximate surface area is 562 Å². The van der Waals surface area contributed by atoms with Crippen molar-refractivity contribution in [2.75, 3.05) is 32.1 Å². The van der Waals surface area contributed by atoms with Crippen LogP contribution in [0.15, 0.2) is 48.6 Å². The number of fused-ring (bicyclic) bond motifs is 8. The van der Waals surface area contributed by atoms with Crippen molar-refractivity contribution in [1.82, 2.24) is 26.2 Å². The molecule has 526 valence electrons. The van der Waals surface area contributed by atoms with Crippen molar-refractivity contribution >= 4 is 65.8 Å². The summed E-state index contributed by atoms with van der Waals surface area (Å²) in [6.45, 7) is 14.7. The van der Waals surface area contributed by atoms with Crippen LogP contribution in [0.1, 0.15) is 161 Å². The fourth-order valence-corrected chi connectivity index (χ4v) is 15.8. The number of nitrogens with one attached hydrogen (secondary N) is 5. The minimum atomic E-state index is -1.09. The van der Waals surface area contributed by atoms with Crippen molar-refractivity contribution in [1.29, 1.82) is 0 Å². The highest BCUT2D eigenvalue weighted by atomic mass is 32.1. The van der Waals surface area contributed by atoms with Gasteiger partial charge in [0, 0.05) is 83.3 Å². The number of alkyl carbamates (subject to hydrolysis) is 1. The van der Waals surface area contributed by atoms with Gasteiger partial charge in [0.15, 0.2) is 0 Å². The summed E-state index contributed by atoms with van der Waals surface area (Å²) in [5.74, 6) is -2.67. The average Bonchev–Trinajstić information content (AvgIpc) is 1.67. The molecule has 0 spiro atoms. The number of hydrogen-bond acceptors (Lipinski definition) is 19. The summed E-state index contributed by atoms with van der Waals surface area (Å²) < 4.78 is 59.3. The topological polar surface area (TPSA) is 329 Å². The number of aliphatic hydroxyl groups is 1. The molecule has 26 heteroatoms. The maximum Gasteiger partial charge on any atom is 0.407 e. The van der Waals surface area contributed by atoms with E-state index in [-0.39, 0.29) is 180 Å². The monoisotopic (exact) mass is 1350 g/mol. The number of nitrogens with two attached hydrogens (primary N) is 1. The molecule has 8 N–H and O–H groups in total. The van der Waals surface area contributed by atoms with Gasteiger partial charge in [0.2, 0.25) is 29.5 Å². The highest BCUT2D eigenvalue weighted by Crippen LogP contribution is 2.46. The molecule has 1 aromatic carbocycles. The number of urea groups is 1. The molecule has 0 aliphatic carbocycles. The Kier molecular flexibility index (Phi) is 25.3. The van der Waals surface area contributed by atoms with Crippen molar-refractivity contribution < 1.29 is 86.1 Å². The van der Waals surface area contributed by atoms with Gasteiger partial charge in [0.1, 0.15) is 42.8 Å². The number of thiol groups is 1. The molecule has 4 unspecified atom stereocenters. The van der Waals surface area contributed by atoms with Crippen LogP contribution < -0.4 is 32.3 Å². The number of nitrogens with zero attached hydrogens (tertiary/aromatic N) is 1. The Balaban J connectivity index is 0.715. The van der Waals surface area contributed by atoms with Crippen LogP contribution in [0.25, 0.3) is 0 Å². The third-order valence-electron chi connectivity index (χ3n) is 20.7. The molecule has 8 amide bonds. The van der Waals surface area contributed by atoms with Gasteiger partial charge in [0.05, 0.1) is 84.6 Å². The fraction of sp³-hybridized carbons (Fsp3) is 0.739. The smallest absolute Gasteiger partial charge is 0.407 e. The number of rotatable bonds is 23. The second-order valence-electron chi connectivity index (χ2n) is 28.1. The second kappa shape index (κ2) is 33.3. The van der Waals surface area contributed by atoms with Crippen LogP contribution in [0.5, 0.6) is 0 Å². The first kappa shape index (κ1) is 72.2. The molecule has 1 aromatic rings. The number of anilines is 1. The number of imide groups is 1. The first-order valence-electron chi connectivity index (χ1n) is 34.7. The number of carbonyl (C=O) groups is 8. The molecule has 0 radical (unpaired) electrons. The summed E-state index contributed by atoms with van der Waals surface area (Å²) in [6.07, 6.45) is 5.42. The minimum Gasteiger partial charge on any atom is -0.445 e. The number of methoxy groups -OCH3 is 1. The first-order chi connectivity index (χ1) is 45.5. The standard InChI is InChI=1S/C69H101N7O18S/c1-36(2)60(75-58(79)12-8-7-9-24-76-59(80)33-57(95)67(76)83)66(82)74-50(11-10-23-71-68(70)84)65(81)73-41-15-13-40(14-16-41)35-87-69(85)72-34-43(78)29-55-61(86-6)49-28-42(77)27-46-20-22-52-62(90-46)64-63-56(93-52)31-48(92-63)30-47(91-64)18-17-44-26-38(4)51(88-44)21-19-45-25-37(3)39(5)53(89-45)32-54(49)94-55/h13-16,36-37,43-57,60-64,78,95H,4-5,7-12,17-35H2,1-3,6H3,(H,72,85)(H,73,81)(H,74,82)(H,75,79)(H3,70,71,84)/t37-,43+,44+,45+,46?,47+,48-,49?,50+,51+,52+,53-,54+,55-,56?,57?,60+,61-,62+,63-,64+/m1/s1. The second-order valence-corrected chi connectivity index (χ2v) is 28.8. The molecule has 9 saturated heterocycles. The normalized spacial score (nSPS) is 34.1. The fourth-order valence-electron chi connectivity index (χ4n) is 15.5.